The highest BCUT2D eigenvalue weighted by Crippen LogP contribution is 2.23. The zero-order valence-electron chi connectivity index (χ0n) is 9.18. The molecule has 1 aromatic carbocycles. The fourth-order valence-corrected chi connectivity index (χ4v) is 2.60. The Labute approximate surface area is 95.2 Å². The summed E-state index contributed by atoms with van der Waals surface area (Å²) < 4.78 is 0.904. The molecule has 78 valence electrons. The second-order valence-corrected chi connectivity index (χ2v) is 5.29. The lowest BCUT2D eigenvalue weighted by Gasteiger charge is -2.28. The molecule has 0 spiro atoms. The molecule has 0 aliphatic heterocycles. The molecule has 0 aliphatic carbocycles. The van der Waals surface area contributed by atoms with E-state index in [-0.39, 0.29) is 0 Å². The molecule has 1 nitrogen and oxygen atoms in total. The summed E-state index contributed by atoms with van der Waals surface area (Å²) in [6.45, 7) is 1.06. The van der Waals surface area contributed by atoms with Crippen LogP contribution < -0.4 is 4.48 Å². The molecule has 0 aliphatic rings. The fraction of sp³-hybridized carbons (Fsp3) is 0.231. The van der Waals surface area contributed by atoms with Gasteiger partial charge >= 0.3 is 0 Å². The van der Waals surface area contributed by atoms with Crippen molar-refractivity contribution in [2.24, 2.45) is 0 Å². The quantitative estimate of drug-likeness (QED) is 0.692. The summed E-state index contributed by atoms with van der Waals surface area (Å²) in [5.74, 6) is 0. The van der Waals surface area contributed by atoms with Gasteiger partial charge in [-0.05, 0) is 23.6 Å². The van der Waals surface area contributed by atoms with Gasteiger partial charge in [-0.15, -0.1) is 11.3 Å². The molecule has 1 heterocycles. The van der Waals surface area contributed by atoms with Gasteiger partial charge < -0.3 is 0 Å². The maximum Gasteiger partial charge on any atom is 0.132 e. The van der Waals surface area contributed by atoms with Crippen molar-refractivity contribution in [2.75, 3.05) is 14.1 Å². The Kier molecular flexibility index (Phi) is 2.89. The zero-order chi connectivity index (χ0) is 10.7. The van der Waals surface area contributed by atoms with E-state index >= 15 is 0 Å². The highest BCUT2D eigenvalue weighted by atomic mass is 32.1. The lowest BCUT2D eigenvalue weighted by molar-refractivity contribution is 0.395. The SMILES string of the molecule is C[N+](C)(Cc1cccs1)c1ccccc1. The first-order chi connectivity index (χ1) is 7.18. The van der Waals surface area contributed by atoms with Crippen molar-refractivity contribution in [3.8, 4) is 0 Å². The number of nitrogens with zero attached hydrogens (tertiary/aromatic N) is 1. The third kappa shape index (κ3) is 2.46. The van der Waals surface area contributed by atoms with Crippen LogP contribution in [0, 0.1) is 0 Å². The van der Waals surface area contributed by atoms with Crippen molar-refractivity contribution in [3.05, 3.63) is 52.7 Å². The van der Waals surface area contributed by atoms with E-state index in [9.17, 15) is 0 Å². The van der Waals surface area contributed by atoms with Crippen LogP contribution in [0.15, 0.2) is 47.8 Å². The van der Waals surface area contributed by atoms with Gasteiger partial charge in [0.05, 0.1) is 19.0 Å². The van der Waals surface area contributed by atoms with E-state index in [1.54, 1.807) is 0 Å². The first-order valence-corrected chi connectivity index (χ1v) is 5.97. The highest BCUT2D eigenvalue weighted by Gasteiger charge is 2.19. The summed E-state index contributed by atoms with van der Waals surface area (Å²) in [4.78, 5) is 1.43. The molecule has 0 N–H and O–H groups in total. The van der Waals surface area contributed by atoms with Gasteiger partial charge in [-0.25, -0.2) is 0 Å². The molecule has 0 radical (unpaired) electrons. The number of hydrogen-bond acceptors (Lipinski definition) is 1. The molecule has 0 saturated carbocycles. The summed E-state index contributed by atoms with van der Waals surface area (Å²) in [5, 5.41) is 2.14. The van der Waals surface area contributed by atoms with Crippen LogP contribution >= 0.6 is 11.3 Å². The molecule has 2 heteroatoms. The van der Waals surface area contributed by atoms with Crippen molar-refractivity contribution in [1.82, 2.24) is 4.48 Å². The van der Waals surface area contributed by atoms with E-state index in [1.165, 1.54) is 10.6 Å². The normalized spacial score (nSPS) is 11.6. The van der Waals surface area contributed by atoms with Crippen LogP contribution in [0.1, 0.15) is 4.88 Å². The van der Waals surface area contributed by atoms with E-state index in [1.807, 2.05) is 11.3 Å². The first kappa shape index (κ1) is 10.4. The maximum absolute atomic E-state index is 2.25. The van der Waals surface area contributed by atoms with Crippen LogP contribution in [0.5, 0.6) is 0 Å². The standard InChI is InChI=1S/C13H16NS/c1-14(2,11-13-9-6-10-15-13)12-7-4-3-5-8-12/h3-10H,11H2,1-2H3/q+1. The summed E-state index contributed by atoms with van der Waals surface area (Å²) in [5.41, 5.74) is 1.35. The Bertz CT molecular complexity index is 403. The minimum absolute atomic E-state index is 0.904. The second kappa shape index (κ2) is 4.17. The second-order valence-electron chi connectivity index (χ2n) is 4.26. The number of hydrogen-bond donors (Lipinski definition) is 0. The monoisotopic (exact) mass is 218 g/mol. The minimum atomic E-state index is 0.904. The Morgan fingerprint density at radius 3 is 2.33 bits per heavy atom. The smallest absolute Gasteiger partial charge is 0.132 e. The number of quaternary nitrogens is 1. The van der Waals surface area contributed by atoms with Crippen molar-refractivity contribution >= 4 is 17.0 Å². The lowest BCUT2D eigenvalue weighted by atomic mass is 10.2. The van der Waals surface area contributed by atoms with Gasteiger partial charge in [0.25, 0.3) is 0 Å². The van der Waals surface area contributed by atoms with Crippen LogP contribution in [0.3, 0.4) is 0 Å². The summed E-state index contributed by atoms with van der Waals surface area (Å²) in [7, 11) is 4.49. The maximum atomic E-state index is 2.25. The third-order valence-corrected chi connectivity index (χ3v) is 3.45. The molecular formula is C13H16NS+. The summed E-state index contributed by atoms with van der Waals surface area (Å²) in [6, 6.07) is 15.0. The lowest BCUT2D eigenvalue weighted by Crippen LogP contribution is -2.39. The van der Waals surface area contributed by atoms with E-state index in [0.29, 0.717) is 0 Å². The van der Waals surface area contributed by atoms with Crippen molar-refractivity contribution < 1.29 is 0 Å². The molecule has 0 saturated heterocycles. The van der Waals surface area contributed by atoms with E-state index in [2.05, 4.69) is 61.9 Å². The molecule has 0 atom stereocenters. The Hall–Kier alpha value is -1.12. The molecule has 0 fully saturated rings. The number of thiophene rings is 1. The molecule has 0 amide bonds. The van der Waals surface area contributed by atoms with E-state index < -0.39 is 0 Å². The average Bonchev–Trinajstić information content (AvgIpc) is 2.71. The molecular weight excluding hydrogens is 202 g/mol. The van der Waals surface area contributed by atoms with Gasteiger partial charge in [0, 0.05) is 0 Å². The van der Waals surface area contributed by atoms with Gasteiger partial charge in [0.15, 0.2) is 0 Å². The number of benzene rings is 1. The molecule has 15 heavy (non-hydrogen) atoms. The van der Waals surface area contributed by atoms with Crippen molar-refractivity contribution in [1.29, 1.82) is 0 Å². The summed E-state index contributed by atoms with van der Waals surface area (Å²) >= 11 is 1.83. The van der Waals surface area contributed by atoms with E-state index in [4.69, 9.17) is 0 Å². The molecule has 2 aromatic rings. The van der Waals surface area contributed by atoms with Crippen LogP contribution in [0.4, 0.5) is 5.69 Å². The van der Waals surface area contributed by atoms with Crippen molar-refractivity contribution in [2.45, 2.75) is 6.54 Å². The summed E-state index contributed by atoms with van der Waals surface area (Å²) in [6.07, 6.45) is 0. The Morgan fingerprint density at radius 2 is 1.73 bits per heavy atom. The van der Waals surface area contributed by atoms with Gasteiger partial charge in [0.2, 0.25) is 0 Å². The molecule has 0 unspecified atom stereocenters. The van der Waals surface area contributed by atoms with Crippen LogP contribution in [-0.2, 0) is 6.54 Å². The first-order valence-electron chi connectivity index (χ1n) is 5.09. The van der Waals surface area contributed by atoms with Gasteiger partial charge in [-0.2, -0.15) is 0 Å². The topological polar surface area (TPSA) is 0 Å². The molecule has 0 bridgehead atoms. The van der Waals surface area contributed by atoms with Gasteiger partial charge in [-0.3, -0.25) is 4.48 Å². The zero-order valence-corrected chi connectivity index (χ0v) is 10.00. The Morgan fingerprint density at radius 1 is 1.00 bits per heavy atom. The van der Waals surface area contributed by atoms with E-state index in [0.717, 1.165) is 11.0 Å². The minimum Gasteiger partial charge on any atom is -0.292 e. The fourth-order valence-electron chi connectivity index (χ4n) is 1.71. The largest absolute Gasteiger partial charge is 0.292 e. The predicted molar refractivity (Wildman–Crippen MR) is 68.1 cm³/mol. The highest BCUT2D eigenvalue weighted by molar-refractivity contribution is 7.09. The molecule has 1 aromatic heterocycles. The number of para-hydroxylation sites is 1. The van der Waals surface area contributed by atoms with Gasteiger partial charge in [0.1, 0.15) is 12.2 Å². The average molecular weight is 218 g/mol. The Balaban J connectivity index is 2.20. The van der Waals surface area contributed by atoms with Crippen LogP contribution in [0.2, 0.25) is 0 Å². The third-order valence-electron chi connectivity index (χ3n) is 2.59. The molecule has 2 rings (SSSR count). The van der Waals surface area contributed by atoms with Crippen LogP contribution in [-0.4, -0.2) is 14.1 Å². The van der Waals surface area contributed by atoms with Gasteiger partial charge in [-0.1, -0.05) is 24.3 Å². The number of rotatable bonds is 3. The predicted octanol–water partition coefficient (Wildman–Crippen LogP) is 3.52. The van der Waals surface area contributed by atoms with Crippen LogP contribution in [0.25, 0.3) is 0 Å². The van der Waals surface area contributed by atoms with Crippen molar-refractivity contribution in [3.63, 3.8) is 0 Å².